The summed E-state index contributed by atoms with van der Waals surface area (Å²) in [4.78, 5) is 5.31. The Hall–Kier alpha value is -14.4. The highest BCUT2D eigenvalue weighted by atomic mass is 15.2. The molecule has 23 rings (SSSR count). The Kier molecular flexibility index (Phi) is 14.3. The van der Waals surface area contributed by atoms with E-state index >= 15 is 0 Å². The third-order valence-electron chi connectivity index (χ3n) is 24.3. The van der Waals surface area contributed by atoms with Gasteiger partial charge >= 0.3 is 0 Å². The van der Waals surface area contributed by atoms with Gasteiger partial charge < -0.3 is 28.1 Å². The third-order valence-corrected chi connectivity index (χ3v) is 24.3. The number of hydrogen-bond donors (Lipinski definition) is 0. The van der Waals surface area contributed by atoms with Crippen molar-refractivity contribution in [3.8, 4) is 67.3 Å². The van der Waals surface area contributed by atoms with Gasteiger partial charge in [0, 0.05) is 88.1 Å². The summed E-state index contributed by atoms with van der Waals surface area (Å²) in [6.07, 6.45) is 0. The molecule has 2 aliphatic heterocycles. The van der Waals surface area contributed by atoms with Crippen molar-refractivity contribution >= 4 is 144 Å². The summed E-state index contributed by atoms with van der Waals surface area (Å²) in [5.74, 6) is 0. The van der Waals surface area contributed by atoms with Crippen molar-refractivity contribution in [2.24, 2.45) is 0 Å². The molecule has 530 valence electrons. The number of benzene rings is 17. The van der Waals surface area contributed by atoms with Crippen LogP contribution in [0.25, 0.3) is 154 Å². The van der Waals surface area contributed by atoms with E-state index in [0.29, 0.717) is 0 Å². The van der Waals surface area contributed by atoms with Gasteiger partial charge in [-0.3, -0.25) is 0 Å². The summed E-state index contributed by atoms with van der Waals surface area (Å²) in [7, 11) is 0. The molecule has 0 spiro atoms. The van der Waals surface area contributed by atoms with E-state index in [4.69, 9.17) is 0 Å². The maximum absolute atomic E-state index is 2.65. The van der Waals surface area contributed by atoms with Crippen molar-refractivity contribution in [3.05, 3.63) is 394 Å². The second-order valence-corrected chi connectivity index (χ2v) is 31.4. The predicted octanol–water partition coefficient (Wildman–Crippen LogP) is 26.1. The fraction of sp³-hybridized carbons (Fsp3) is 0.0377. The molecule has 0 aliphatic carbocycles. The molecule has 0 atom stereocenters. The molecule has 0 saturated heterocycles. The van der Waals surface area contributed by atoms with Crippen molar-refractivity contribution in [2.45, 2.75) is 26.2 Å². The lowest BCUT2D eigenvalue weighted by Gasteiger charge is -2.46. The third kappa shape index (κ3) is 9.68. The number of nitrogens with zero attached hydrogens (tertiary/aromatic N) is 6. The lowest BCUT2D eigenvalue weighted by molar-refractivity contribution is 0.590. The molecule has 0 saturated carbocycles. The van der Waals surface area contributed by atoms with Crippen molar-refractivity contribution < 1.29 is 0 Å². The van der Waals surface area contributed by atoms with Crippen LogP contribution >= 0.6 is 0 Å². The predicted molar refractivity (Wildman–Crippen MR) is 478 cm³/mol. The monoisotopic (exact) mass is 1440 g/mol. The number of aromatic nitrogens is 4. The van der Waals surface area contributed by atoms with Crippen LogP contribution in [0.1, 0.15) is 26.3 Å². The van der Waals surface area contributed by atoms with Crippen LogP contribution in [0.4, 0.5) is 34.1 Å². The fourth-order valence-electron chi connectivity index (χ4n) is 19.4. The molecule has 0 N–H and O–H groups in total. The van der Waals surface area contributed by atoms with Gasteiger partial charge in [0.1, 0.15) is 0 Å². The van der Waals surface area contributed by atoms with Crippen LogP contribution in [0.15, 0.2) is 388 Å². The van der Waals surface area contributed by atoms with E-state index in [1.165, 1.54) is 65.0 Å². The summed E-state index contributed by atoms with van der Waals surface area (Å²) < 4.78 is 10.1. The van der Waals surface area contributed by atoms with Crippen LogP contribution in [-0.2, 0) is 5.41 Å². The van der Waals surface area contributed by atoms with Crippen molar-refractivity contribution in [1.29, 1.82) is 0 Å². The molecule has 0 radical (unpaired) electrons. The topological polar surface area (TPSA) is 26.2 Å². The van der Waals surface area contributed by atoms with Crippen LogP contribution in [0.2, 0.25) is 0 Å². The summed E-state index contributed by atoms with van der Waals surface area (Å²) in [6.45, 7) is 6.90. The van der Waals surface area contributed by atoms with E-state index in [0.717, 1.165) is 146 Å². The van der Waals surface area contributed by atoms with E-state index in [1.807, 2.05) is 0 Å². The molecular weight excluding hydrogens is 1370 g/mol. The zero-order valence-electron chi connectivity index (χ0n) is 62.7. The Balaban J connectivity index is 0.838. The number of hydrogen-bond acceptors (Lipinski definition) is 2. The van der Waals surface area contributed by atoms with Crippen molar-refractivity contribution in [1.82, 2.24) is 18.3 Å². The van der Waals surface area contributed by atoms with Gasteiger partial charge in [0.25, 0.3) is 6.71 Å². The van der Waals surface area contributed by atoms with Gasteiger partial charge in [-0.05, 0) is 147 Å². The van der Waals surface area contributed by atoms with Crippen LogP contribution < -0.4 is 26.2 Å². The molecule has 2 aliphatic rings. The minimum Gasteiger partial charge on any atom is -0.311 e. The van der Waals surface area contributed by atoms with E-state index in [9.17, 15) is 0 Å². The normalized spacial score (nSPS) is 12.7. The Bertz CT molecular complexity index is 6860. The first-order valence-electron chi connectivity index (χ1n) is 39.4. The maximum Gasteiger partial charge on any atom is 0.252 e. The van der Waals surface area contributed by atoms with Gasteiger partial charge in [-0.25, -0.2) is 0 Å². The summed E-state index contributed by atoms with van der Waals surface area (Å²) in [5.41, 5.74) is 34.0. The lowest BCUT2D eigenvalue weighted by Crippen LogP contribution is -2.61. The van der Waals surface area contributed by atoms with E-state index in [-0.39, 0.29) is 12.1 Å². The summed E-state index contributed by atoms with van der Waals surface area (Å²) >= 11 is 0. The molecule has 6 heterocycles. The van der Waals surface area contributed by atoms with Crippen LogP contribution in [0.5, 0.6) is 0 Å². The van der Waals surface area contributed by atoms with Gasteiger partial charge in [0.15, 0.2) is 0 Å². The second-order valence-electron chi connectivity index (χ2n) is 31.4. The van der Waals surface area contributed by atoms with E-state index in [2.05, 4.69) is 437 Å². The molecular formula is C106H73BN6. The molecule has 0 fully saturated rings. The summed E-state index contributed by atoms with van der Waals surface area (Å²) in [6, 6.07) is 146. The Labute approximate surface area is 655 Å². The molecule has 0 amide bonds. The molecule has 4 aromatic heterocycles. The lowest BCUT2D eigenvalue weighted by atomic mass is 9.33. The highest BCUT2D eigenvalue weighted by Crippen LogP contribution is 2.53. The number of anilines is 6. The number of rotatable bonds is 10. The highest BCUT2D eigenvalue weighted by Gasteiger charge is 2.46. The molecule has 0 bridgehead atoms. The Morgan fingerprint density at radius 2 is 0.478 bits per heavy atom. The van der Waals surface area contributed by atoms with Gasteiger partial charge in [0.05, 0.1) is 78.3 Å². The molecule has 7 heteroatoms. The van der Waals surface area contributed by atoms with Crippen LogP contribution in [0.3, 0.4) is 0 Å². The van der Waals surface area contributed by atoms with Gasteiger partial charge in [-0.15, -0.1) is 0 Å². The average Bonchev–Trinajstić information content (AvgIpc) is 1.54. The first-order chi connectivity index (χ1) is 55.8. The van der Waals surface area contributed by atoms with Gasteiger partial charge in [0.2, 0.25) is 0 Å². The van der Waals surface area contributed by atoms with E-state index in [1.54, 1.807) is 0 Å². The van der Waals surface area contributed by atoms with Gasteiger partial charge in [-0.1, -0.05) is 312 Å². The maximum atomic E-state index is 2.65. The second kappa shape index (κ2) is 25.1. The van der Waals surface area contributed by atoms with Crippen molar-refractivity contribution in [2.75, 3.05) is 9.80 Å². The smallest absolute Gasteiger partial charge is 0.252 e. The minimum absolute atomic E-state index is 0.246. The molecule has 21 aromatic rings. The highest BCUT2D eigenvalue weighted by molar-refractivity contribution is 7.00. The largest absolute Gasteiger partial charge is 0.311 e. The molecule has 17 aromatic carbocycles. The molecule has 113 heavy (non-hydrogen) atoms. The fourth-order valence-corrected chi connectivity index (χ4v) is 19.4. The van der Waals surface area contributed by atoms with Crippen LogP contribution in [-0.4, -0.2) is 25.0 Å². The first-order valence-corrected chi connectivity index (χ1v) is 39.4. The number of para-hydroxylation sites is 12. The SMILES string of the molecule is CC(C)(C)c1cc2c3c(c1)N(c1ccccc1-c1ccccc1)c1cc(-c4cccc(-n5c6ccccc6c6ccccc65)c4-n4c5ccccc5c5ccccc54)ccc1B3c1ccc(-c3cccc(-n4c5ccccc5c5ccccc54)c3-n3c4ccccc4c4ccccc43)cc1N2c1ccccc1-c1ccccc1. The standard InChI is InChI=1S/C106H73BN6/c1-106(2,3)72-66-101-103-102(67-72)111(88-49-21-11-37-74(88)69-34-8-5-9-35-69)100-65-71(76-47-31-59-98(109-91-52-24-14-40-79(91)80-41-15-25-53-92(80)109)105(76)113-95-56-28-18-44-83(95)84-45-19-29-57-96(84)113)61-63-86(100)107(103)85-62-60-70(64-99(85)110(101)87-48-20-10-36-73(87)68-32-6-4-7-33-68)75-46-30-58-97(108-89-50-22-12-38-77(89)78-39-13-23-51-90(78)108)104(75)112-93-54-26-16-42-81(93)82-43-17-27-55-94(82)112/h4-67H,1-3H3. The summed E-state index contributed by atoms with van der Waals surface area (Å²) in [5, 5.41) is 9.70. The zero-order chi connectivity index (χ0) is 74.7. The number of fused-ring (bicyclic) bond motifs is 16. The Morgan fingerprint density at radius 3 is 0.805 bits per heavy atom. The first kappa shape index (κ1) is 64.6. The minimum atomic E-state index is -0.310. The quantitative estimate of drug-likeness (QED) is 0.128. The van der Waals surface area contributed by atoms with E-state index < -0.39 is 0 Å². The molecule has 0 unspecified atom stereocenters. The van der Waals surface area contributed by atoms with Crippen molar-refractivity contribution in [3.63, 3.8) is 0 Å². The van der Waals surface area contributed by atoms with Gasteiger partial charge in [-0.2, -0.15) is 0 Å². The average molecular weight is 1440 g/mol. The Morgan fingerprint density at radius 1 is 0.204 bits per heavy atom. The molecule has 6 nitrogen and oxygen atoms in total. The zero-order valence-corrected chi connectivity index (χ0v) is 62.7. The van der Waals surface area contributed by atoms with Crippen LogP contribution in [0, 0.1) is 0 Å².